The smallest absolute Gasteiger partial charge is 0.334 e. The lowest BCUT2D eigenvalue weighted by Gasteiger charge is -2.54. The molecule has 10 nitrogen and oxygen atoms in total. The van der Waals surface area contributed by atoms with E-state index in [4.69, 9.17) is 0 Å². The van der Waals surface area contributed by atoms with Crippen LogP contribution in [0.5, 0.6) is 0 Å². The molecule has 3 aliphatic rings. The molecule has 0 radical (unpaired) electrons. The molecular formula is C25H35N5O5. The fourth-order valence-corrected chi connectivity index (χ4v) is 5.54. The standard InChI is InChI=1S/C25H35N5O5/c1-27-17-22(31)29-20(12-13-23(32)33)24(34)28(15-19-10-6-3-7-11-19)16-21(29)30(27)25(35)26-14-18-8-4-2-5-9-18/h2,4-5,8-9,19-21H,3,6-7,10-17H2,1H3,(H,26,35)(H,32,33)/t20-,21-/m0/s1. The van der Waals surface area contributed by atoms with Gasteiger partial charge in [0.2, 0.25) is 11.8 Å². The first-order valence-electron chi connectivity index (χ1n) is 12.5. The molecule has 0 bridgehead atoms. The van der Waals surface area contributed by atoms with Gasteiger partial charge in [-0.25, -0.2) is 14.8 Å². The molecule has 0 spiro atoms. The Hall–Kier alpha value is -3.14. The number of fused-ring (bicyclic) bond motifs is 1. The number of rotatable bonds is 7. The van der Waals surface area contributed by atoms with E-state index in [-0.39, 0.29) is 43.8 Å². The van der Waals surface area contributed by atoms with Gasteiger partial charge in [0.05, 0.1) is 13.1 Å². The molecule has 3 fully saturated rings. The number of piperazine rings is 1. The normalized spacial score (nSPS) is 23.9. The van der Waals surface area contributed by atoms with Crippen molar-refractivity contribution in [3.8, 4) is 0 Å². The number of hydrogen-bond donors (Lipinski definition) is 2. The Balaban J connectivity index is 1.57. The molecule has 2 heterocycles. The molecule has 4 amide bonds. The fraction of sp³-hybridized carbons (Fsp3) is 0.600. The number of likely N-dealkylation sites (N-methyl/N-ethyl adjacent to an activating group) is 1. The third-order valence-electron chi connectivity index (χ3n) is 7.27. The number of aliphatic carboxylic acids is 1. The van der Waals surface area contributed by atoms with E-state index in [1.807, 2.05) is 30.3 Å². The van der Waals surface area contributed by atoms with Crippen LogP contribution in [-0.2, 0) is 20.9 Å². The number of carboxylic acids is 1. The Morgan fingerprint density at radius 2 is 1.80 bits per heavy atom. The number of hydrazine groups is 1. The average molecular weight is 486 g/mol. The lowest BCUT2D eigenvalue weighted by Crippen LogP contribution is -2.76. The van der Waals surface area contributed by atoms with Crippen LogP contribution in [0.4, 0.5) is 4.79 Å². The summed E-state index contributed by atoms with van der Waals surface area (Å²) < 4.78 is 0. The molecule has 4 rings (SSSR count). The topological polar surface area (TPSA) is 114 Å². The highest BCUT2D eigenvalue weighted by atomic mass is 16.4. The molecule has 0 unspecified atom stereocenters. The van der Waals surface area contributed by atoms with Crippen LogP contribution in [0.1, 0.15) is 50.5 Å². The number of urea groups is 1. The molecule has 2 aliphatic heterocycles. The van der Waals surface area contributed by atoms with E-state index in [0.29, 0.717) is 19.0 Å². The van der Waals surface area contributed by atoms with Crippen molar-refractivity contribution in [2.75, 3.05) is 26.7 Å². The number of hydrogen-bond acceptors (Lipinski definition) is 5. The van der Waals surface area contributed by atoms with Crippen molar-refractivity contribution in [1.29, 1.82) is 0 Å². The van der Waals surface area contributed by atoms with Crippen LogP contribution >= 0.6 is 0 Å². The SMILES string of the molecule is CN1CC(=O)N2[C@@H](CCC(=O)O)C(=O)N(CC3CCCCC3)C[C@@H]2N1C(=O)NCc1ccccc1. The number of amides is 4. The Morgan fingerprint density at radius 3 is 2.49 bits per heavy atom. The van der Waals surface area contributed by atoms with Crippen LogP contribution in [0.2, 0.25) is 0 Å². The van der Waals surface area contributed by atoms with Crippen LogP contribution in [0.3, 0.4) is 0 Å². The van der Waals surface area contributed by atoms with Gasteiger partial charge in [0, 0.05) is 26.6 Å². The van der Waals surface area contributed by atoms with Gasteiger partial charge in [0.1, 0.15) is 12.2 Å². The number of nitrogens with one attached hydrogen (secondary N) is 1. The van der Waals surface area contributed by atoms with Crippen molar-refractivity contribution in [3.63, 3.8) is 0 Å². The first kappa shape index (κ1) is 25.0. The number of benzene rings is 1. The van der Waals surface area contributed by atoms with Gasteiger partial charge in [-0.2, -0.15) is 0 Å². The zero-order chi connectivity index (χ0) is 24.9. The molecule has 2 saturated heterocycles. The number of nitrogens with zero attached hydrogens (tertiary/aromatic N) is 4. The van der Waals surface area contributed by atoms with Crippen molar-refractivity contribution in [1.82, 2.24) is 25.1 Å². The minimum Gasteiger partial charge on any atom is -0.481 e. The quantitative estimate of drug-likeness (QED) is 0.610. The molecule has 190 valence electrons. The minimum absolute atomic E-state index is 0.0285. The molecule has 2 N–H and O–H groups in total. The van der Waals surface area contributed by atoms with Gasteiger partial charge in [-0.05, 0) is 30.7 Å². The highest BCUT2D eigenvalue weighted by Gasteiger charge is 2.50. The Labute approximate surface area is 205 Å². The molecule has 1 aromatic carbocycles. The van der Waals surface area contributed by atoms with E-state index in [2.05, 4.69) is 5.32 Å². The Morgan fingerprint density at radius 1 is 1.09 bits per heavy atom. The molecule has 1 saturated carbocycles. The van der Waals surface area contributed by atoms with E-state index in [9.17, 15) is 24.3 Å². The summed E-state index contributed by atoms with van der Waals surface area (Å²) in [6, 6.07) is 8.30. The van der Waals surface area contributed by atoms with Gasteiger partial charge in [0.15, 0.2) is 0 Å². The van der Waals surface area contributed by atoms with Crippen molar-refractivity contribution in [2.45, 2.75) is 63.7 Å². The predicted molar refractivity (Wildman–Crippen MR) is 128 cm³/mol. The molecular weight excluding hydrogens is 450 g/mol. The summed E-state index contributed by atoms with van der Waals surface area (Å²) in [6.45, 7) is 1.06. The Bertz CT molecular complexity index is 935. The molecule has 35 heavy (non-hydrogen) atoms. The summed E-state index contributed by atoms with van der Waals surface area (Å²) in [6.07, 6.45) is 4.71. The monoisotopic (exact) mass is 485 g/mol. The van der Waals surface area contributed by atoms with Crippen molar-refractivity contribution in [3.05, 3.63) is 35.9 Å². The van der Waals surface area contributed by atoms with Gasteiger partial charge in [-0.3, -0.25) is 14.4 Å². The highest BCUT2D eigenvalue weighted by molar-refractivity contribution is 5.91. The third kappa shape index (κ3) is 5.75. The summed E-state index contributed by atoms with van der Waals surface area (Å²) in [7, 11) is 1.69. The summed E-state index contributed by atoms with van der Waals surface area (Å²) in [4.78, 5) is 54.4. The molecule has 1 aliphatic carbocycles. The zero-order valence-corrected chi connectivity index (χ0v) is 20.3. The van der Waals surface area contributed by atoms with Crippen molar-refractivity contribution < 1.29 is 24.3 Å². The maximum absolute atomic E-state index is 13.5. The van der Waals surface area contributed by atoms with Crippen LogP contribution in [0, 0.1) is 5.92 Å². The first-order chi connectivity index (χ1) is 16.8. The third-order valence-corrected chi connectivity index (χ3v) is 7.27. The second kappa shape index (κ2) is 11.1. The van der Waals surface area contributed by atoms with Crippen molar-refractivity contribution in [2.24, 2.45) is 5.92 Å². The first-order valence-corrected chi connectivity index (χ1v) is 12.5. The number of carboxylic acid groups (broad SMARTS) is 1. The van der Waals surface area contributed by atoms with Crippen LogP contribution in [-0.4, -0.2) is 87.6 Å². The van der Waals surface area contributed by atoms with E-state index in [1.54, 1.807) is 17.0 Å². The van der Waals surface area contributed by atoms with E-state index in [0.717, 1.165) is 31.2 Å². The average Bonchev–Trinajstić information content (AvgIpc) is 2.84. The highest BCUT2D eigenvalue weighted by Crippen LogP contribution is 2.31. The second-order valence-electron chi connectivity index (χ2n) is 9.78. The van der Waals surface area contributed by atoms with Crippen LogP contribution < -0.4 is 5.32 Å². The zero-order valence-electron chi connectivity index (χ0n) is 20.3. The lowest BCUT2D eigenvalue weighted by atomic mass is 9.88. The van der Waals surface area contributed by atoms with Crippen LogP contribution in [0.25, 0.3) is 0 Å². The minimum atomic E-state index is -1.02. The van der Waals surface area contributed by atoms with E-state index >= 15 is 0 Å². The predicted octanol–water partition coefficient (Wildman–Crippen LogP) is 1.87. The lowest BCUT2D eigenvalue weighted by molar-refractivity contribution is -0.188. The fourth-order valence-electron chi connectivity index (χ4n) is 5.54. The maximum Gasteiger partial charge on any atom is 0.334 e. The summed E-state index contributed by atoms with van der Waals surface area (Å²) >= 11 is 0. The second-order valence-corrected chi connectivity index (χ2v) is 9.78. The van der Waals surface area contributed by atoms with Crippen molar-refractivity contribution >= 4 is 23.8 Å². The van der Waals surface area contributed by atoms with Gasteiger partial charge in [-0.15, -0.1) is 0 Å². The van der Waals surface area contributed by atoms with Gasteiger partial charge >= 0.3 is 12.0 Å². The summed E-state index contributed by atoms with van der Waals surface area (Å²) in [5.74, 6) is -1.11. The number of carbonyl (C=O) groups excluding carboxylic acids is 3. The largest absolute Gasteiger partial charge is 0.481 e. The maximum atomic E-state index is 13.5. The molecule has 1 aromatic rings. The summed E-state index contributed by atoms with van der Waals surface area (Å²) in [5.41, 5.74) is 0.950. The van der Waals surface area contributed by atoms with Gasteiger partial charge in [-0.1, -0.05) is 49.6 Å². The number of carbonyl (C=O) groups is 4. The Kier molecular flexibility index (Phi) is 7.90. The van der Waals surface area contributed by atoms with Gasteiger partial charge in [0.25, 0.3) is 0 Å². The van der Waals surface area contributed by atoms with E-state index in [1.165, 1.54) is 16.3 Å². The van der Waals surface area contributed by atoms with Gasteiger partial charge < -0.3 is 20.2 Å². The molecule has 10 heteroatoms. The molecule has 2 atom stereocenters. The molecule has 0 aromatic heterocycles. The van der Waals surface area contributed by atoms with Crippen LogP contribution in [0.15, 0.2) is 30.3 Å². The summed E-state index contributed by atoms with van der Waals surface area (Å²) in [5, 5.41) is 15.3. The van der Waals surface area contributed by atoms with E-state index < -0.39 is 18.2 Å².